The first-order chi connectivity index (χ1) is 18.7. The van der Waals surface area contributed by atoms with Crippen LogP contribution in [0.25, 0.3) is 0 Å². The Morgan fingerprint density at radius 2 is 1.82 bits per heavy atom. The van der Waals surface area contributed by atoms with Crippen LogP contribution in [0.5, 0.6) is 5.75 Å². The summed E-state index contributed by atoms with van der Waals surface area (Å²) in [6, 6.07) is 15.9. The van der Waals surface area contributed by atoms with Gasteiger partial charge in [0.1, 0.15) is 5.75 Å². The summed E-state index contributed by atoms with van der Waals surface area (Å²) < 4.78 is 5.41. The number of hydrogen-bond donors (Lipinski definition) is 2. The zero-order valence-electron chi connectivity index (χ0n) is 22.0. The van der Waals surface area contributed by atoms with E-state index < -0.39 is 0 Å². The van der Waals surface area contributed by atoms with Gasteiger partial charge in [0, 0.05) is 36.2 Å². The molecule has 1 saturated carbocycles. The lowest BCUT2D eigenvalue weighted by Crippen LogP contribution is -2.51. The molecule has 6 atom stereocenters. The van der Waals surface area contributed by atoms with Crippen LogP contribution in [0.3, 0.4) is 0 Å². The molecular formula is C32H37N3O3. The van der Waals surface area contributed by atoms with Crippen molar-refractivity contribution in [1.29, 1.82) is 0 Å². The molecule has 4 aliphatic rings. The molecule has 6 heteroatoms. The highest BCUT2D eigenvalue weighted by atomic mass is 16.5. The highest BCUT2D eigenvalue weighted by Crippen LogP contribution is 2.49. The molecule has 6 nitrogen and oxygen atoms in total. The van der Waals surface area contributed by atoms with Gasteiger partial charge in [0.15, 0.2) is 0 Å². The molecule has 2 amide bonds. The van der Waals surface area contributed by atoms with Crippen LogP contribution in [0.15, 0.2) is 72.8 Å². The Balaban J connectivity index is 1.25. The minimum atomic E-state index is -0.209. The highest BCUT2D eigenvalue weighted by Gasteiger charge is 2.49. The first-order valence-electron chi connectivity index (χ1n) is 14.1. The molecule has 0 spiro atoms. The molecule has 0 aromatic heterocycles. The minimum absolute atomic E-state index is 0.0664. The maximum Gasteiger partial charge on any atom is 0.255 e. The van der Waals surface area contributed by atoms with Crippen molar-refractivity contribution in [2.75, 3.05) is 19.0 Å². The van der Waals surface area contributed by atoms with E-state index in [1.165, 1.54) is 5.56 Å². The molecule has 0 bridgehead atoms. The van der Waals surface area contributed by atoms with Gasteiger partial charge in [-0.1, -0.05) is 67.5 Å². The number of methoxy groups -OCH3 is 1. The van der Waals surface area contributed by atoms with Crippen molar-refractivity contribution in [3.8, 4) is 5.75 Å². The van der Waals surface area contributed by atoms with Crippen LogP contribution in [0, 0.1) is 17.8 Å². The summed E-state index contributed by atoms with van der Waals surface area (Å²) >= 11 is 0. The minimum Gasteiger partial charge on any atom is -0.496 e. The lowest BCUT2D eigenvalue weighted by molar-refractivity contribution is -0.139. The largest absolute Gasteiger partial charge is 0.496 e. The van der Waals surface area contributed by atoms with E-state index >= 15 is 0 Å². The van der Waals surface area contributed by atoms with E-state index in [9.17, 15) is 9.59 Å². The number of carbonyl (C=O) groups excluding carboxylic acids is 2. The van der Waals surface area contributed by atoms with E-state index in [1.807, 2.05) is 12.1 Å². The van der Waals surface area contributed by atoms with Crippen molar-refractivity contribution in [2.24, 2.45) is 17.8 Å². The average molecular weight is 512 g/mol. The number of nitrogens with zero attached hydrogens (tertiary/aromatic N) is 1. The van der Waals surface area contributed by atoms with E-state index in [0.29, 0.717) is 29.2 Å². The predicted octanol–water partition coefficient (Wildman–Crippen LogP) is 5.50. The first-order valence-corrected chi connectivity index (χ1v) is 14.1. The zero-order chi connectivity index (χ0) is 26.1. The molecule has 38 heavy (non-hydrogen) atoms. The molecule has 2 aliphatic carbocycles. The van der Waals surface area contributed by atoms with Crippen LogP contribution in [-0.4, -0.2) is 42.5 Å². The Morgan fingerprint density at radius 1 is 1.00 bits per heavy atom. The number of rotatable bonds is 5. The number of benzene rings is 2. The van der Waals surface area contributed by atoms with Crippen molar-refractivity contribution < 1.29 is 14.3 Å². The SMILES string of the molecule is COc1ccccc1C(=O)N[C@@H]1CCCC[C@@H]1C(=O)N1CC[C@@H]2[C@H](C3C=CC=CC3)Nc3ccccc3[C@@H]21. The van der Waals surface area contributed by atoms with Gasteiger partial charge < -0.3 is 20.3 Å². The van der Waals surface area contributed by atoms with Crippen LogP contribution < -0.4 is 15.4 Å². The third-order valence-electron chi connectivity index (χ3n) is 9.02. The van der Waals surface area contributed by atoms with Gasteiger partial charge in [-0.25, -0.2) is 0 Å². The second-order valence-electron chi connectivity index (χ2n) is 11.1. The molecule has 2 aromatic carbocycles. The number of likely N-dealkylation sites (tertiary alicyclic amines) is 1. The van der Waals surface area contributed by atoms with Crippen molar-refractivity contribution in [3.05, 3.63) is 84.0 Å². The van der Waals surface area contributed by atoms with Crippen LogP contribution in [0.2, 0.25) is 0 Å². The van der Waals surface area contributed by atoms with Gasteiger partial charge in [-0.2, -0.15) is 0 Å². The van der Waals surface area contributed by atoms with Gasteiger partial charge in [-0.05, 0) is 49.4 Å². The lowest BCUT2D eigenvalue weighted by Gasteiger charge is -2.44. The molecule has 2 aliphatic heterocycles. The van der Waals surface area contributed by atoms with Crippen molar-refractivity contribution in [3.63, 3.8) is 0 Å². The highest BCUT2D eigenvalue weighted by molar-refractivity contribution is 5.97. The number of nitrogens with one attached hydrogen (secondary N) is 2. The molecular weight excluding hydrogens is 474 g/mol. The third-order valence-corrected chi connectivity index (χ3v) is 9.02. The standard InChI is InChI=1S/C32H37N3O3/c1-38-28-18-10-7-15-24(28)31(36)34-27-17-9-6-14-23(27)32(37)35-20-19-25-29(21-11-3-2-4-12-21)33-26-16-8-5-13-22(26)30(25)35/h2-5,7-8,10-11,13,15-16,18,21,23,25,27,29-30,33H,6,9,12,14,17,19-20H2,1H3,(H,34,36)/t21?,23-,25+,27+,29-,30-/m0/s1. The van der Waals surface area contributed by atoms with Gasteiger partial charge in [0.05, 0.1) is 24.6 Å². The van der Waals surface area contributed by atoms with Crippen LogP contribution >= 0.6 is 0 Å². The quantitative estimate of drug-likeness (QED) is 0.556. The fourth-order valence-electron chi connectivity index (χ4n) is 7.19. The summed E-state index contributed by atoms with van der Waals surface area (Å²) in [5.41, 5.74) is 2.88. The Hall–Kier alpha value is -3.54. The van der Waals surface area contributed by atoms with Crippen molar-refractivity contribution in [2.45, 2.75) is 56.7 Å². The number of carbonyl (C=O) groups is 2. The van der Waals surface area contributed by atoms with E-state index in [0.717, 1.165) is 50.8 Å². The number of fused-ring (bicyclic) bond motifs is 3. The summed E-state index contributed by atoms with van der Waals surface area (Å²) in [5.74, 6) is 1.14. The van der Waals surface area contributed by atoms with Gasteiger partial charge >= 0.3 is 0 Å². The smallest absolute Gasteiger partial charge is 0.255 e. The second kappa shape index (κ2) is 10.7. The summed E-state index contributed by atoms with van der Waals surface area (Å²) in [4.78, 5) is 29.7. The Morgan fingerprint density at radius 3 is 2.66 bits per heavy atom. The molecule has 1 saturated heterocycles. The molecule has 2 aromatic rings. The maximum absolute atomic E-state index is 14.3. The predicted molar refractivity (Wildman–Crippen MR) is 149 cm³/mol. The fraction of sp³-hybridized carbons (Fsp3) is 0.438. The van der Waals surface area contributed by atoms with Crippen molar-refractivity contribution in [1.82, 2.24) is 10.2 Å². The van der Waals surface area contributed by atoms with E-state index in [1.54, 1.807) is 19.2 Å². The van der Waals surface area contributed by atoms with E-state index in [2.05, 4.69) is 64.1 Å². The summed E-state index contributed by atoms with van der Waals surface area (Å²) in [6.45, 7) is 0.761. The summed E-state index contributed by atoms with van der Waals surface area (Å²) in [7, 11) is 1.58. The van der Waals surface area contributed by atoms with Crippen LogP contribution in [0.4, 0.5) is 5.69 Å². The molecule has 2 N–H and O–H groups in total. The van der Waals surface area contributed by atoms with Crippen LogP contribution in [0.1, 0.15) is 60.5 Å². The lowest BCUT2D eigenvalue weighted by atomic mass is 9.75. The molecule has 198 valence electrons. The summed E-state index contributed by atoms with van der Waals surface area (Å²) in [5, 5.41) is 7.07. The molecule has 2 heterocycles. The topological polar surface area (TPSA) is 70.7 Å². The van der Waals surface area contributed by atoms with Crippen LogP contribution in [-0.2, 0) is 4.79 Å². The second-order valence-corrected chi connectivity index (χ2v) is 11.1. The number of allylic oxidation sites excluding steroid dienone is 3. The van der Waals surface area contributed by atoms with Gasteiger partial charge in [0.2, 0.25) is 5.91 Å². The maximum atomic E-state index is 14.3. The van der Waals surface area contributed by atoms with Gasteiger partial charge in [-0.3, -0.25) is 9.59 Å². The number of para-hydroxylation sites is 2. The number of ether oxygens (including phenoxy) is 1. The Bertz CT molecular complexity index is 1250. The number of amides is 2. The number of hydrogen-bond acceptors (Lipinski definition) is 4. The third kappa shape index (κ3) is 4.50. The normalized spacial score (nSPS) is 29.7. The average Bonchev–Trinajstić information content (AvgIpc) is 3.43. The zero-order valence-corrected chi connectivity index (χ0v) is 22.0. The molecule has 2 fully saturated rings. The first kappa shape index (κ1) is 24.8. The summed E-state index contributed by atoms with van der Waals surface area (Å²) in [6.07, 6.45) is 14.5. The van der Waals surface area contributed by atoms with Gasteiger partial charge in [0.25, 0.3) is 5.91 Å². The number of anilines is 1. The van der Waals surface area contributed by atoms with Gasteiger partial charge in [-0.15, -0.1) is 0 Å². The monoisotopic (exact) mass is 511 g/mol. The van der Waals surface area contributed by atoms with E-state index in [-0.39, 0.29) is 29.8 Å². The van der Waals surface area contributed by atoms with E-state index in [4.69, 9.17) is 4.74 Å². The Labute approximate surface area is 225 Å². The van der Waals surface area contributed by atoms with Crippen molar-refractivity contribution >= 4 is 17.5 Å². The molecule has 1 unspecified atom stereocenters. The fourth-order valence-corrected chi connectivity index (χ4v) is 7.19. The molecule has 6 rings (SSSR count). The Kier molecular flexibility index (Phi) is 6.96. The molecule has 0 radical (unpaired) electrons.